The molecule has 2 heterocycles. The fraction of sp³-hybridized carbons (Fsp3) is 0.350. The van der Waals surface area contributed by atoms with Crippen LogP contribution in [-0.2, 0) is 0 Å². The van der Waals surface area contributed by atoms with Gasteiger partial charge < -0.3 is 4.90 Å². The molecule has 1 aliphatic carbocycles. The molecule has 0 spiro atoms. The SMILES string of the molecule is CCCCC[NH+]1c2ccccc2SC1C=C1C=C(C=CC=C2Sc3ccccc3N2CC)CC(C)(C)C1.C[BH2-]c1ccccc1. The summed E-state index contributed by atoms with van der Waals surface area (Å²) >= 11 is 3.93. The molecule has 2 atom stereocenters. The predicted molar refractivity (Wildman–Crippen MR) is 203 cm³/mol. The quantitative estimate of drug-likeness (QED) is 0.186. The molecule has 6 rings (SSSR count). The van der Waals surface area contributed by atoms with Crippen molar-refractivity contribution in [2.75, 3.05) is 18.0 Å². The zero-order chi connectivity index (χ0) is 31.6. The number of fused-ring (bicyclic) bond motifs is 2. The highest BCUT2D eigenvalue weighted by atomic mass is 32.2. The van der Waals surface area contributed by atoms with Crippen LogP contribution in [0.5, 0.6) is 0 Å². The van der Waals surface area contributed by atoms with Crippen LogP contribution < -0.4 is 15.3 Å². The number of anilines is 1. The van der Waals surface area contributed by atoms with Gasteiger partial charge in [-0.3, -0.25) is 4.90 Å². The number of thioether (sulfide) groups is 2. The molecule has 2 nitrogen and oxygen atoms in total. The molecule has 0 saturated heterocycles. The van der Waals surface area contributed by atoms with Gasteiger partial charge in [-0.1, -0.05) is 124 Å². The van der Waals surface area contributed by atoms with Crippen molar-refractivity contribution in [3.05, 3.63) is 125 Å². The third-order valence-electron chi connectivity index (χ3n) is 9.00. The Hall–Kier alpha value is -2.86. The maximum absolute atomic E-state index is 2.58. The first kappa shape index (κ1) is 33.5. The molecule has 0 saturated carbocycles. The first-order valence-electron chi connectivity index (χ1n) is 17.3. The van der Waals surface area contributed by atoms with Gasteiger partial charge in [-0.25, -0.2) is 5.46 Å². The Morgan fingerprint density at radius 2 is 1.64 bits per heavy atom. The van der Waals surface area contributed by atoms with Crippen molar-refractivity contribution in [1.29, 1.82) is 0 Å². The van der Waals surface area contributed by atoms with Gasteiger partial charge in [0.05, 0.1) is 22.2 Å². The van der Waals surface area contributed by atoms with Crippen molar-refractivity contribution in [2.24, 2.45) is 5.41 Å². The Bertz CT molecular complexity index is 1540. The topological polar surface area (TPSA) is 7.68 Å². The third kappa shape index (κ3) is 8.90. The van der Waals surface area contributed by atoms with Gasteiger partial charge in [0, 0.05) is 17.5 Å². The summed E-state index contributed by atoms with van der Waals surface area (Å²) in [6.45, 7) is 13.9. The molecule has 3 aromatic rings. The zero-order valence-corrected chi connectivity index (χ0v) is 29.8. The predicted octanol–water partition coefficient (Wildman–Crippen LogP) is 9.06. The maximum Gasteiger partial charge on any atom is 0.163 e. The van der Waals surface area contributed by atoms with Gasteiger partial charge in [-0.15, -0.1) is 0 Å². The van der Waals surface area contributed by atoms with Crippen LogP contribution in [0.3, 0.4) is 0 Å². The van der Waals surface area contributed by atoms with Gasteiger partial charge in [0.25, 0.3) is 0 Å². The molecule has 1 N–H and O–H groups in total. The lowest BCUT2D eigenvalue weighted by atomic mass is 9.74. The molecule has 236 valence electrons. The van der Waals surface area contributed by atoms with E-state index in [9.17, 15) is 0 Å². The molecular formula is C40H51BN2S2. The summed E-state index contributed by atoms with van der Waals surface area (Å²) in [6.07, 6.45) is 18.1. The largest absolute Gasteiger partial charge is 0.335 e. The van der Waals surface area contributed by atoms with Crippen LogP contribution in [0.15, 0.2) is 135 Å². The number of quaternary nitrogens is 1. The summed E-state index contributed by atoms with van der Waals surface area (Å²) in [5, 5.41) is 1.78. The van der Waals surface area contributed by atoms with E-state index >= 15 is 0 Å². The molecule has 45 heavy (non-hydrogen) atoms. The molecular weight excluding hydrogens is 583 g/mol. The van der Waals surface area contributed by atoms with Gasteiger partial charge >= 0.3 is 0 Å². The van der Waals surface area contributed by atoms with Crippen molar-refractivity contribution in [3.63, 3.8) is 0 Å². The van der Waals surface area contributed by atoms with Crippen LogP contribution in [0.1, 0.15) is 59.8 Å². The Labute approximate surface area is 282 Å². The molecule has 3 aromatic carbocycles. The second kappa shape index (κ2) is 16.1. The fourth-order valence-electron chi connectivity index (χ4n) is 6.71. The number of allylic oxidation sites excluding steroid dienone is 6. The number of hydrogen-bond donors (Lipinski definition) is 1. The van der Waals surface area contributed by atoms with Crippen molar-refractivity contribution >= 4 is 47.6 Å². The Morgan fingerprint density at radius 1 is 0.911 bits per heavy atom. The van der Waals surface area contributed by atoms with Crippen molar-refractivity contribution in [2.45, 2.75) is 81.8 Å². The molecule has 0 fully saturated rings. The van der Waals surface area contributed by atoms with Gasteiger partial charge in [-0.2, -0.15) is 6.82 Å². The van der Waals surface area contributed by atoms with Crippen LogP contribution in [0, 0.1) is 5.41 Å². The van der Waals surface area contributed by atoms with E-state index in [1.165, 1.54) is 68.6 Å². The second-order valence-electron chi connectivity index (χ2n) is 13.3. The Balaban J connectivity index is 0.000000436. The summed E-state index contributed by atoms with van der Waals surface area (Å²) in [7, 11) is 0.196. The van der Waals surface area contributed by atoms with Crippen LogP contribution in [0.25, 0.3) is 0 Å². The van der Waals surface area contributed by atoms with E-state index < -0.39 is 0 Å². The van der Waals surface area contributed by atoms with Crippen LogP contribution >= 0.6 is 23.5 Å². The molecule has 0 bridgehead atoms. The summed E-state index contributed by atoms with van der Waals surface area (Å²) < 4.78 is 0. The third-order valence-corrected chi connectivity index (χ3v) is 11.4. The number of para-hydroxylation sites is 2. The first-order chi connectivity index (χ1) is 21.9. The number of hydrogen-bond acceptors (Lipinski definition) is 3. The molecule has 0 aromatic heterocycles. The monoisotopic (exact) mass is 634 g/mol. The maximum atomic E-state index is 2.58. The van der Waals surface area contributed by atoms with Gasteiger partial charge in [-0.05, 0) is 86.8 Å². The Kier molecular flexibility index (Phi) is 12.0. The van der Waals surface area contributed by atoms with Crippen LogP contribution in [-0.4, -0.2) is 25.7 Å². The number of nitrogens with zero attached hydrogens (tertiary/aromatic N) is 1. The lowest BCUT2D eigenvalue weighted by molar-refractivity contribution is -0.835. The van der Waals surface area contributed by atoms with E-state index in [4.69, 9.17) is 0 Å². The average molecular weight is 635 g/mol. The minimum atomic E-state index is 0.196. The minimum absolute atomic E-state index is 0.196. The van der Waals surface area contributed by atoms with Gasteiger partial charge in [0.1, 0.15) is 5.69 Å². The Morgan fingerprint density at radius 3 is 2.38 bits per heavy atom. The highest BCUT2D eigenvalue weighted by Crippen LogP contribution is 2.46. The van der Waals surface area contributed by atoms with E-state index in [1.807, 2.05) is 11.8 Å². The molecule has 3 aliphatic rings. The van der Waals surface area contributed by atoms with E-state index in [0.717, 1.165) is 19.4 Å². The van der Waals surface area contributed by atoms with Crippen LogP contribution in [0.4, 0.5) is 11.4 Å². The lowest BCUT2D eigenvalue weighted by Gasteiger charge is -2.31. The first-order valence-corrected chi connectivity index (χ1v) is 19.0. The van der Waals surface area contributed by atoms with Gasteiger partial charge in [0.15, 0.2) is 5.37 Å². The molecule has 5 heteroatoms. The minimum Gasteiger partial charge on any atom is -0.335 e. The summed E-state index contributed by atoms with van der Waals surface area (Å²) in [5.74, 6) is 0. The van der Waals surface area contributed by atoms with Crippen molar-refractivity contribution < 1.29 is 4.90 Å². The summed E-state index contributed by atoms with van der Waals surface area (Å²) in [6, 6.07) is 28.4. The van der Waals surface area contributed by atoms with Crippen LogP contribution in [0.2, 0.25) is 6.82 Å². The van der Waals surface area contributed by atoms with Gasteiger partial charge in [0.2, 0.25) is 0 Å². The number of benzene rings is 3. The second-order valence-corrected chi connectivity index (χ2v) is 15.6. The highest BCUT2D eigenvalue weighted by molar-refractivity contribution is 8.03. The average Bonchev–Trinajstić information content (AvgIpc) is 3.58. The molecule has 0 amide bonds. The smallest absolute Gasteiger partial charge is 0.163 e. The van der Waals surface area contributed by atoms with Crippen molar-refractivity contribution in [3.8, 4) is 0 Å². The standard InChI is InChI=1S/C33H40N2S2.C7H10B/c1-5-7-12-20-35-28-16-9-11-18-30(28)37-32(35)22-26-21-25(23-33(3,4)24-26)14-13-19-31-34(6-2)27-15-8-10-17-29(27)36-31;1-8-7-5-3-2-4-6-7/h8-11,13-19,21-22,32H,5-7,12,20,23-24H2,1-4H3;2-6H,8H2,1H3/q;-1/p+1. The number of unbranched alkanes of at least 4 members (excludes halogenated alkanes) is 2. The van der Waals surface area contributed by atoms with E-state index in [0.29, 0.717) is 5.37 Å². The summed E-state index contributed by atoms with van der Waals surface area (Å²) in [4.78, 5) is 6.86. The molecule has 0 radical (unpaired) electrons. The van der Waals surface area contributed by atoms with Crippen molar-refractivity contribution in [1.82, 2.24) is 0 Å². The van der Waals surface area contributed by atoms with E-state index in [1.54, 1.807) is 4.90 Å². The lowest BCUT2D eigenvalue weighted by Crippen LogP contribution is -3.09. The number of rotatable bonds is 9. The normalized spacial score (nSPS) is 21.9. The summed E-state index contributed by atoms with van der Waals surface area (Å²) in [5.41, 5.74) is 7.58. The molecule has 2 aliphatic heterocycles. The van der Waals surface area contributed by atoms with E-state index in [-0.39, 0.29) is 12.7 Å². The fourth-order valence-corrected chi connectivity index (χ4v) is 9.24. The van der Waals surface area contributed by atoms with E-state index in [2.05, 4.69) is 160 Å². The zero-order valence-electron chi connectivity index (χ0n) is 28.2. The number of nitrogens with one attached hydrogen (secondary N) is 1. The highest BCUT2D eigenvalue weighted by Gasteiger charge is 2.35. The molecule has 2 unspecified atom stereocenters.